The van der Waals surface area contributed by atoms with Gasteiger partial charge in [-0.3, -0.25) is 13.9 Å². The van der Waals surface area contributed by atoms with Crippen LogP contribution in [0.5, 0.6) is 0 Å². The lowest BCUT2D eigenvalue weighted by Gasteiger charge is -2.33. The third-order valence-electron chi connectivity index (χ3n) is 6.18. The fraction of sp³-hybridized carbons (Fsp3) is 0.310. The van der Waals surface area contributed by atoms with Crippen molar-refractivity contribution in [3.05, 3.63) is 99.0 Å². The monoisotopic (exact) mass is 633 g/mol. The normalized spacial score (nSPS) is 12.0. The molecule has 1 N–H and O–H groups in total. The van der Waals surface area contributed by atoms with Crippen LogP contribution in [0.3, 0.4) is 0 Å². The first-order valence-electron chi connectivity index (χ1n) is 12.6. The Kier molecular flexibility index (Phi) is 11.0. The van der Waals surface area contributed by atoms with E-state index in [0.29, 0.717) is 11.6 Å². The van der Waals surface area contributed by atoms with Crippen LogP contribution in [0.2, 0.25) is 5.02 Å². The summed E-state index contributed by atoms with van der Waals surface area (Å²) in [7, 11) is -3.86. The van der Waals surface area contributed by atoms with Crippen LogP contribution >= 0.6 is 27.5 Å². The fourth-order valence-corrected chi connectivity index (χ4v) is 5.57. The molecule has 1 atom stereocenters. The van der Waals surface area contributed by atoms with E-state index >= 15 is 0 Å². The van der Waals surface area contributed by atoms with Gasteiger partial charge in [0.2, 0.25) is 21.8 Å². The molecule has 3 aromatic carbocycles. The Morgan fingerprint density at radius 2 is 1.69 bits per heavy atom. The zero-order valence-corrected chi connectivity index (χ0v) is 25.4. The van der Waals surface area contributed by atoms with Gasteiger partial charge in [0.15, 0.2) is 0 Å². The van der Waals surface area contributed by atoms with E-state index in [0.717, 1.165) is 38.1 Å². The molecule has 7 nitrogen and oxygen atoms in total. The number of amides is 2. The van der Waals surface area contributed by atoms with Crippen LogP contribution in [0, 0.1) is 6.92 Å². The summed E-state index contributed by atoms with van der Waals surface area (Å²) in [6.45, 7) is 3.85. The number of carbonyl (C=O) groups excluding carboxylic acids is 2. The molecule has 0 aliphatic heterocycles. The molecular weight excluding hydrogens is 602 g/mol. The number of nitrogens with one attached hydrogen (secondary N) is 1. The Hall–Kier alpha value is -2.88. The highest BCUT2D eigenvalue weighted by molar-refractivity contribution is 9.10. The van der Waals surface area contributed by atoms with Crippen molar-refractivity contribution in [2.45, 2.75) is 39.3 Å². The van der Waals surface area contributed by atoms with Gasteiger partial charge in [-0.25, -0.2) is 8.42 Å². The van der Waals surface area contributed by atoms with Crippen molar-refractivity contribution in [1.82, 2.24) is 10.2 Å². The molecule has 39 heavy (non-hydrogen) atoms. The number of nitrogens with zero attached hydrogens (tertiary/aromatic N) is 2. The van der Waals surface area contributed by atoms with Gasteiger partial charge in [-0.15, -0.1) is 0 Å². The SMILES string of the molecule is CCCNC(=O)C(Cc1ccccc1)N(Cc1cccc(Br)c1)C(=O)CN(c1ccc(C)c(Cl)c1)S(C)(=O)=O. The first-order chi connectivity index (χ1) is 18.5. The summed E-state index contributed by atoms with van der Waals surface area (Å²) in [5.41, 5.74) is 2.74. The minimum Gasteiger partial charge on any atom is -0.354 e. The maximum atomic E-state index is 14.0. The van der Waals surface area contributed by atoms with Crippen molar-refractivity contribution >= 4 is 55.1 Å². The number of rotatable bonds is 12. The van der Waals surface area contributed by atoms with E-state index in [-0.39, 0.29) is 24.6 Å². The number of carbonyl (C=O) groups is 2. The minimum atomic E-state index is -3.86. The van der Waals surface area contributed by atoms with Gasteiger partial charge >= 0.3 is 0 Å². The van der Waals surface area contributed by atoms with Crippen LogP contribution in [0.4, 0.5) is 5.69 Å². The highest BCUT2D eigenvalue weighted by atomic mass is 79.9. The Morgan fingerprint density at radius 3 is 2.31 bits per heavy atom. The van der Waals surface area contributed by atoms with Crippen molar-refractivity contribution in [3.8, 4) is 0 Å². The van der Waals surface area contributed by atoms with E-state index in [1.54, 1.807) is 12.1 Å². The topological polar surface area (TPSA) is 86.8 Å². The second-order valence-electron chi connectivity index (χ2n) is 9.35. The van der Waals surface area contributed by atoms with Crippen molar-refractivity contribution in [1.29, 1.82) is 0 Å². The van der Waals surface area contributed by atoms with Crippen molar-refractivity contribution in [2.75, 3.05) is 23.7 Å². The summed E-state index contributed by atoms with van der Waals surface area (Å²) in [5, 5.41) is 3.31. The highest BCUT2D eigenvalue weighted by Gasteiger charge is 2.33. The molecule has 0 saturated heterocycles. The van der Waals surface area contributed by atoms with Crippen molar-refractivity contribution < 1.29 is 18.0 Å². The summed E-state index contributed by atoms with van der Waals surface area (Å²) in [5.74, 6) is -0.807. The van der Waals surface area contributed by atoms with Crippen molar-refractivity contribution in [3.63, 3.8) is 0 Å². The van der Waals surface area contributed by atoms with E-state index in [9.17, 15) is 18.0 Å². The lowest BCUT2D eigenvalue weighted by Crippen LogP contribution is -2.53. The summed E-state index contributed by atoms with van der Waals surface area (Å²) in [4.78, 5) is 29.0. The van der Waals surface area contributed by atoms with Crippen LogP contribution in [0.15, 0.2) is 77.3 Å². The molecule has 10 heteroatoms. The van der Waals surface area contributed by atoms with Crippen LogP contribution < -0.4 is 9.62 Å². The molecule has 0 radical (unpaired) electrons. The molecule has 0 aromatic heterocycles. The van der Waals surface area contributed by atoms with Gasteiger partial charge in [0.05, 0.1) is 11.9 Å². The van der Waals surface area contributed by atoms with E-state index in [4.69, 9.17) is 11.6 Å². The Morgan fingerprint density at radius 1 is 1.00 bits per heavy atom. The lowest BCUT2D eigenvalue weighted by molar-refractivity contribution is -0.140. The fourth-order valence-electron chi connectivity index (χ4n) is 4.10. The number of anilines is 1. The van der Waals surface area contributed by atoms with E-state index in [1.807, 2.05) is 68.4 Å². The molecule has 0 heterocycles. The zero-order valence-electron chi connectivity index (χ0n) is 22.2. The maximum Gasteiger partial charge on any atom is 0.244 e. The van der Waals surface area contributed by atoms with E-state index in [2.05, 4.69) is 21.2 Å². The standard InChI is InChI=1S/C29H33BrClN3O4S/c1-4-15-32-29(36)27(17-22-9-6-5-7-10-22)33(19-23-11-8-12-24(30)16-23)28(35)20-34(39(3,37)38)25-14-13-21(2)26(31)18-25/h5-14,16,18,27H,4,15,17,19-20H2,1-3H3,(H,32,36). The summed E-state index contributed by atoms with van der Waals surface area (Å²) in [6.07, 6.45) is 2.05. The molecule has 0 spiro atoms. The predicted octanol–water partition coefficient (Wildman–Crippen LogP) is 5.34. The van der Waals surface area contributed by atoms with Crippen LogP contribution in [0.1, 0.15) is 30.0 Å². The number of aryl methyl sites for hydroxylation is 1. The smallest absolute Gasteiger partial charge is 0.244 e. The van der Waals surface area contributed by atoms with Gasteiger partial charge in [0.1, 0.15) is 12.6 Å². The molecule has 2 amide bonds. The average Bonchev–Trinajstić information content (AvgIpc) is 2.89. The molecule has 0 saturated carbocycles. The molecule has 0 fully saturated rings. The predicted molar refractivity (Wildman–Crippen MR) is 160 cm³/mol. The van der Waals surface area contributed by atoms with Gasteiger partial charge in [0.25, 0.3) is 0 Å². The van der Waals surface area contributed by atoms with Gasteiger partial charge < -0.3 is 10.2 Å². The molecule has 0 bridgehead atoms. The summed E-state index contributed by atoms with van der Waals surface area (Å²) in [6, 6.07) is 20.9. The third-order valence-corrected chi connectivity index (χ3v) is 8.23. The van der Waals surface area contributed by atoms with E-state index in [1.165, 1.54) is 11.0 Å². The summed E-state index contributed by atoms with van der Waals surface area (Å²) < 4.78 is 27.6. The van der Waals surface area contributed by atoms with Crippen LogP contribution in [-0.2, 0) is 32.6 Å². The maximum absolute atomic E-state index is 14.0. The first kappa shape index (κ1) is 30.7. The Bertz CT molecular complexity index is 1400. The Balaban J connectivity index is 2.05. The number of hydrogen-bond acceptors (Lipinski definition) is 4. The molecule has 1 unspecified atom stereocenters. The Labute approximate surface area is 244 Å². The molecule has 3 rings (SSSR count). The molecule has 0 aliphatic rings. The molecule has 0 aliphatic carbocycles. The second kappa shape index (κ2) is 14.0. The van der Waals surface area contributed by atoms with Crippen LogP contribution in [-0.4, -0.2) is 50.5 Å². The van der Waals surface area contributed by atoms with Crippen molar-refractivity contribution in [2.24, 2.45) is 0 Å². The first-order valence-corrected chi connectivity index (χ1v) is 15.6. The number of halogens is 2. The summed E-state index contributed by atoms with van der Waals surface area (Å²) >= 11 is 9.76. The number of benzene rings is 3. The third kappa shape index (κ3) is 8.81. The van der Waals surface area contributed by atoms with Gasteiger partial charge in [0, 0.05) is 29.0 Å². The van der Waals surface area contributed by atoms with Gasteiger partial charge in [-0.05, 0) is 54.3 Å². The number of hydrogen-bond donors (Lipinski definition) is 1. The molecule has 208 valence electrons. The molecular formula is C29H33BrClN3O4S. The minimum absolute atomic E-state index is 0.113. The van der Waals surface area contributed by atoms with Gasteiger partial charge in [-0.1, -0.05) is 83.0 Å². The highest BCUT2D eigenvalue weighted by Crippen LogP contribution is 2.26. The largest absolute Gasteiger partial charge is 0.354 e. The lowest BCUT2D eigenvalue weighted by atomic mass is 10.0. The van der Waals surface area contributed by atoms with Crippen LogP contribution in [0.25, 0.3) is 0 Å². The zero-order chi connectivity index (χ0) is 28.6. The average molecular weight is 635 g/mol. The quantitative estimate of drug-likeness (QED) is 0.291. The molecule has 3 aromatic rings. The van der Waals surface area contributed by atoms with Gasteiger partial charge in [-0.2, -0.15) is 0 Å². The second-order valence-corrected chi connectivity index (χ2v) is 12.6. The number of sulfonamides is 1. The van der Waals surface area contributed by atoms with E-state index < -0.39 is 28.5 Å².